The summed E-state index contributed by atoms with van der Waals surface area (Å²) in [6.07, 6.45) is -3.31. The standard InChI is InChI=1S/C7H4BrF2NO3S/c8-5-3-2(4(15-5)6(12)13)11-1-7(9,10)14-3/h11H,1H2,(H,12,13). The van der Waals surface area contributed by atoms with Crippen LogP contribution in [-0.4, -0.2) is 23.7 Å². The first kappa shape index (κ1) is 10.6. The van der Waals surface area contributed by atoms with Crippen molar-refractivity contribution in [2.45, 2.75) is 6.11 Å². The number of hydrogen-bond donors (Lipinski definition) is 2. The first-order chi connectivity index (χ1) is 6.91. The highest BCUT2D eigenvalue weighted by Gasteiger charge is 2.40. The van der Waals surface area contributed by atoms with Crippen LogP contribution < -0.4 is 10.1 Å². The third kappa shape index (κ3) is 1.78. The fourth-order valence-electron chi connectivity index (χ4n) is 1.17. The van der Waals surface area contributed by atoms with Crippen molar-refractivity contribution in [1.29, 1.82) is 0 Å². The molecule has 0 spiro atoms. The number of alkyl halides is 2. The first-order valence-electron chi connectivity index (χ1n) is 3.77. The number of hydrogen-bond acceptors (Lipinski definition) is 4. The molecule has 8 heteroatoms. The second-order valence-electron chi connectivity index (χ2n) is 2.81. The summed E-state index contributed by atoms with van der Waals surface area (Å²) in [6.45, 7) is -0.733. The molecule has 4 nitrogen and oxygen atoms in total. The Hall–Kier alpha value is -0.890. The molecule has 1 aliphatic heterocycles. The van der Waals surface area contributed by atoms with Gasteiger partial charge in [0.2, 0.25) is 0 Å². The van der Waals surface area contributed by atoms with E-state index in [-0.39, 0.29) is 20.1 Å². The van der Waals surface area contributed by atoms with Gasteiger partial charge >= 0.3 is 12.1 Å². The highest BCUT2D eigenvalue weighted by atomic mass is 79.9. The fourth-order valence-corrected chi connectivity index (χ4v) is 2.70. The van der Waals surface area contributed by atoms with Crippen molar-refractivity contribution in [2.24, 2.45) is 0 Å². The van der Waals surface area contributed by atoms with Gasteiger partial charge in [0.15, 0.2) is 5.75 Å². The lowest BCUT2D eigenvalue weighted by Gasteiger charge is -2.24. The van der Waals surface area contributed by atoms with Crippen LogP contribution in [0.3, 0.4) is 0 Å². The maximum atomic E-state index is 12.8. The lowest BCUT2D eigenvalue weighted by atomic mass is 10.3. The van der Waals surface area contributed by atoms with Crippen molar-refractivity contribution in [1.82, 2.24) is 0 Å². The molecular formula is C7H4BrF2NO3S. The lowest BCUT2D eigenvalue weighted by Crippen LogP contribution is -2.37. The zero-order valence-electron chi connectivity index (χ0n) is 7.01. The molecule has 1 aliphatic rings. The molecule has 0 amide bonds. The van der Waals surface area contributed by atoms with Gasteiger partial charge in [-0.05, 0) is 15.9 Å². The SMILES string of the molecule is O=C(O)c1sc(Br)c2c1NCC(F)(F)O2. The quantitative estimate of drug-likeness (QED) is 0.837. The van der Waals surface area contributed by atoms with Crippen molar-refractivity contribution in [3.63, 3.8) is 0 Å². The number of carboxylic acids is 1. The summed E-state index contributed by atoms with van der Waals surface area (Å²) in [6, 6.07) is 0. The Morgan fingerprint density at radius 2 is 2.33 bits per heavy atom. The molecule has 0 atom stereocenters. The average Bonchev–Trinajstić information content (AvgIpc) is 2.42. The molecule has 0 bridgehead atoms. The first-order valence-corrected chi connectivity index (χ1v) is 5.38. The van der Waals surface area contributed by atoms with E-state index in [4.69, 9.17) is 5.11 Å². The molecule has 0 fully saturated rings. The topological polar surface area (TPSA) is 58.6 Å². The predicted molar refractivity (Wildman–Crippen MR) is 53.0 cm³/mol. The summed E-state index contributed by atoms with van der Waals surface area (Å²) < 4.78 is 30.3. The zero-order valence-corrected chi connectivity index (χ0v) is 9.42. The Bertz CT molecular complexity index is 434. The summed E-state index contributed by atoms with van der Waals surface area (Å²) in [5.74, 6) is -1.32. The Morgan fingerprint density at radius 1 is 1.67 bits per heavy atom. The molecule has 0 saturated carbocycles. The van der Waals surface area contributed by atoms with Crippen LogP contribution in [0.2, 0.25) is 0 Å². The van der Waals surface area contributed by atoms with Crippen LogP contribution in [0.15, 0.2) is 3.79 Å². The smallest absolute Gasteiger partial charge is 0.415 e. The van der Waals surface area contributed by atoms with E-state index < -0.39 is 18.6 Å². The van der Waals surface area contributed by atoms with Crippen LogP contribution in [0.5, 0.6) is 5.75 Å². The number of thiophene rings is 1. The largest absolute Gasteiger partial charge is 0.477 e. The van der Waals surface area contributed by atoms with Crippen LogP contribution in [-0.2, 0) is 0 Å². The number of nitrogens with one attached hydrogen (secondary N) is 1. The van der Waals surface area contributed by atoms with E-state index in [1.807, 2.05) is 0 Å². The van der Waals surface area contributed by atoms with Crippen molar-refractivity contribution < 1.29 is 23.4 Å². The van der Waals surface area contributed by atoms with E-state index in [1.54, 1.807) is 0 Å². The average molecular weight is 300 g/mol. The molecule has 1 aromatic heterocycles. The third-order valence-corrected chi connectivity index (χ3v) is 3.53. The van der Waals surface area contributed by atoms with E-state index in [1.165, 1.54) is 0 Å². The van der Waals surface area contributed by atoms with E-state index >= 15 is 0 Å². The number of carbonyl (C=O) groups is 1. The van der Waals surface area contributed by atoms with Gasteiger partial charge in [-0.15, -0.1) is 11.3 Å². The Labute approximate surface area is 95.0 Å². The predicted octanol–water partition coefficient (Wildman–Crippen LogP) is 2.61. The van der Waals surface area contributed by atoms with Crippen LogP contribution in [0.25, 0.3) is 0 Å². The third-order valence-electron chi connectivity index (χ3n) is 1.74. The molecular weight excluding hydrogens is 296 g/mol. The van der Waals surface area contributed by atoms with Crippen molar-refractivity contribution >= 4 is 38.9 Å². The monoisotopic (exact) mass is 299 g/mol. The summed E-state index contributed by atoms with van der Waals surface area (Å²) >= 11 is 3.81. The fraction of sp³-hybridized carbons (Fsp3) is 0.286. The van der Waals surface area contributed by atoms with Crippen LogP contribution >= 0.6 is 27.3 Å². The molecule has 82 valence electrons. The number of carboxylic acid groups (broad SMARTS) is 1. The Kier molecular flexibility index (Phi) is 2.34. The second-order valence-corrected chi connectivity index (χ2v) is 5.15. The summed E-state index contributed by atoms with van der Waals surface area (Å²) in [5, 5.41) is 11.1. The van der Waals surface area contributed by atoms with E-state index in [9.17, 15) is 13.6 Å². The zero-order chi connectivity index (χ0) is 11.2. The lowest BCUT2D eigenvalue weighted by molar-refractivity contribution is -0.167. The van der Waals surface area contributed by atoms with Gasteiger partial charge in [0.25, 0.3) is 0 Å². The Balaban J connectivity index is 2.49. The van der Waals surface area contributed by atoms with Gasteiger partial charge in [0.05, 0.1) is 0 Å². The minimum Gasteiger partial charge on any atom is -0.477 e. The van der Waals surface area contributed by atoms with Crippen molar-refractivity contribution in [3.05, 3.63) is 8.66 Å². The van der Waals surface area contributed by atoms with Crippen LogP contribution in [0.1, 0.15) is 9.67 Å². The molecule has 2 heterocycles. The molecule has 0 radical (unpaired) electrons. The molecule has 1 aromatic rings. The number of rotatable bonds is 1. The van der Waals surface area contributed by atoms with Gasteiger partial charge in [-0.25, -0.2) is 4.79 Å². The van der Waals surface area contributed by atoms with E-state index in [0.29, 0.717) is 0 Å². The minimum atomic E-state index is -3.31. The maximum absolute atomic E-state index is 12.8. The highest BCUT2D eigenvalue weighted by Crippen LogP contribution is 2.48. The minimum absolute atomic E-state index is 0.0487. The second kappa shape index (κ2) is 3.31. The van der Waals surface area contributed by atoms with Crippen molar-refractivity contribution in [2.75, 3.05) is 11.9 Å². The number of halogens is 3. The number of fused-ring (bicyclic) bond motifs is 1. The van der Waals surface area contributed by atoms with Gasteiger partial charge in [0.1, 0.15) is 20.9 Å². The molecule has 0 aliphatic carbocycles. The molecule has 0 saturated heterocycles. The highest BCUT2D eigenvalue weighted by molar-refractivity contribution is 9.11. The van der Waals surface area contributed by atoms with Crippen LogP contribution in [0, 0.1) is 0 Å². The van der Waals surface area contributed by atoms with E-state index in [2.05, 4.69) is 26.0 Å². The summed E-state index contributed by atoms with van der Waals surface area (Å²) in [4.78, 5) is 10.7. The summed E-state index contributed by atoms with van der Waals surface area (Å²) in [5.41, 5.74) is 0.102. The number of anilines is 1. The van der Waals surface area contributed by atoms with Gasteiger partial charge < -0.3 is 15.2 Å². The molecule has 0 aromatic carbocycles. The Morgan fingerprint density at radius 3 is 2.93 bits per heavy atom. The van der Waals surface area contributed by atoms with Gasteiger partial charge in [0, 0.05) is 0 Å². The van der Waals surface area contributed by atoms with Gasteiger partial charge in [-0.3, -0.25) is 0 Å². The van der Waals surface area contributed by atoms with Gasteiger partial charge in [-0.1, -0.05) is 0 Å². The van der Waals surface area contributed by atoms with Gasteiger partial charge in [-0.2, -0.15) is 8.78 Å². The van der Waals surface area contributed by atoms with Crippen LogP contribution in [0.4, 0.5) is 14.5 Å². The normalized spacial score (nSPS) is 17.5. The number of aromatic carboxylic acids is 1. The van der Waals surface area contributed by atoms with E-state index in [0.717, 1.165) is 11.3 Å². The molecule has 2 N–H and O–H groups in total. The molecule has 2 rings (SSSR count). The molecule has 0 unspecified atom stereocenters. The molecule has 15 heavy (non-hydrogen) atoms. The summed E-state index contributed by atoms with van der Waals surface area (Å²) in [7, 11) is 0. The number of ether oxygens (including phenoxy) is 1. The van der Waals surface area contributed by atoms with Crippen molar-refractivity contribution in [3.8, 4) is 5.75 Å². The maximum Gasteiger partial charge on any atom is 0.415 e.